The Morgan fingerprint density at radius 2 is 2.00 bits per heavy atom. The number of anilines is 1. The van der Waals surface area contributed by atoms with Crippen LogP contribution in [-0.2, 0) is 0 Å². The molecule has 21 heavy (non-hydrogen) atoms. The largest absolute Gasteiger partial charge is 0.497 e. The van der Waals surface area contributed by atoms with Crippen LogP contribution in [0, 0.1) is 0 Å². The van der Waals surface area contributed by atoms with E-state index in [2.05, 4.69) is 10.2 Å². The Morgan fingerprint density at radius 1 is 1.19 bits per heavy atom. The molecule has 0 aliphatic rings. The summed E-state index contributed by atoms with van der Waals surface area (Å²) in [5, 5.41) is 7.83. The zero-order valence-corrected chi connectivity index (χ0v) is 11.8. The molecule has 5 heteroatoms. The van der Waals surface area contributed by atoms with E-state index >= 15 is 0 Å². The number of para-hydroxylation sites is 1. The molecule has 0 aliphatic heterocycles. The summed E-state index contributed by atoms with van der Waals surface area (Å²) in [4.78, 5) is 14.2. The summed E-state index contributed by atoms with van der Waals surface area (Å²) < 4.78 is 5.19. The van der Waals surface area contributed by atoms with Crippen LogP contribution in [0.5, 0.6) is 5.75 Å². The molecule has 0 radical (unpaired) electrons. The van der Waals surface area contributed by atoms with E-state index in [0.717, 1.165) is 16.6 Å². The molecule has 106 valence electrons. The SMILES string of the molecule is COc1cccc(N(C)C(=O)c2n[nH]c3ccccc23)c1. The van der Waals surface area contributed by atoms with Crippen LogP contribution in [0.1, 0.15) is 10.5 Å². The molecule has 0 saturated heterocycles. The van der Waals surface area contributed by atoms with Gasteiger partial charge in [0.05, 0.1) is 12.6 Å². The first-order valence-corrected chi connectivity index (χ1v) is 6.56. The number of benzene rings is 2. The summed E-state index contributed by atoms with van der Waals surface area (Å²) in [6, 6.07) is 14.9. The van der Waals surface area contributed by atoms with Crippen molar-refractivity contribution in [1.29, 1.82) is 0 Å². The van der Waals surface area contributed by atoms with Gasteiger partial charge in [0.2, 0.25) is 0 Å². The number of fused-ring (bicyclic) bond motifs is 1. The van der Waals surface area contributed by atoms with E-state index in [-0.39, 0.29) is 5.91 Å². The highest BCUT2D eigenvalue weighted by molar-refractivity contribution is 6.12. The minimum atomic E-state index is -0.166. The van der Waals surface area contributed by atoms with Gasteiger partial charge in [0, 0.05) is 24.2 Å². The van der Waals surface area contributed by atoms with E-state index in [1.54, 1.807) is 19.1 Å². The van der Waals surface area contributed by atoms with Crippen molar-refractivity contribution in [3.63, 3.8) is 0 Å². The quantitative estimate of drug-likeness (QED) is 0.803. The van der Waals surface area contributed by atoms with Gasteiger partial charge in [-0.05, 0) is 18.2 Å². The number of H-pyrrole nitrogens is 1. The van der Waals surface area contributed by atoms with Crippen LogP contribution < -0.4 is 9.64 Å². The smallest absolute Gasteiger partial charge is 0.279 e. The fraction of sp³-hybridized carbons (Fsp3) is 0.125. The second-order valence-corrected chi connectivity index (χ2v) is 4.68. The monoisotopic (exact) mass is 281 g/mol. The first-order chi connectivity index (χ1) is 10.2. The molecule has 0 atom stereocenters. The lowest BCUT2D eigenvalue weighted by Gasteiger charge is -2.17. The summed E-state index contributed by atoms with van der Waals surface area (Å²) >= 11 is 0. The third-order valence-corrected chi connectivity index (χ3v) is 3.42. The Bertz CT molecular complexity index is 795. The zero-order chi connectivity index (χ0) is 14.8. The minimum Gasteiger partial charge on any atom is -0.497 e. The molecular formula is C16H15N3O2. The average Bonchev–Trinajstić information content (AvgIpc) is 2.97. The zero-order valence-electron chi connectivity index (χ0n) is 11.8. The maximum Gasteiger partial charge on any atom is 0.279 e. The van der Waals surface area contributed by atoms with Gasteiger partial charge in [0.1, 0.15) is 5.75 Å². The summed E-state index contributed by atoms with van der Waals surface area (Å²) in [6.45, 7) is 0. The number of nitrogens with zero attached hydrogens (tertiary/aromatic N) is 2. The van der Waals surface area contributed by atoms with Gasteiger partial charge >= 0.3 is 0 Å². The lowest BCUT2D eigenvalue weighted by Crippen LogP contribution is -2.26. The number of carbonyl (C=O) groups excluding carboxylic acids is 1. The van der Waals surface area contributed by atoms with Gasteiger partial charge in [-0.3, -0.25) is 9.89 Å². The number of aromatic nitrogens is 2. The third-order valence-electron chi connectivity index (χ3n) is 3.42. The Labute approximate surface area is 122 Å². The van der Waals surface area contributed by atoms with E-state index in [1.807, 2.05) is 48.5 Å². The first kappa shape index (κ1) is 13.2. The number of carbonyl (C=O) groups is 1. The van der Waals surface area contributed by atoms with Gasteiger partial charge in [-0.1, -0.05) is 24.3 Å². The van der Waals surface area contributed by atoms with Crippen molar-refractivity contribution < 1.29 is 9.53 Å². The molecule has 3 aromatic rings. The normalized spacial score (nSPS) is 10.6. The highest BCUT2D eigenvalue weighted by Crippen LogP contribution is 2.23. The van der Waals surface area contributed by atoms with Crippen molar-refractivity contribution in [2.24, 2.45) is 0 Å². The second kappa shape index (κ2) is 5.28. The summed E-state index contributed by atoms with van der Waals surface area (Å²) in [7, 11) is 3.32. The van der Waals surface area contributed by atoms with Crippen molar-refractivity contribution in [2.75, 3.05) is 19.1 Å². The van der Waals surface area contributed by atoms with Crippen LogP contribution in [-0.4, -0.2) is 30.3 Å². The molecule has 0 spiro atoms. The lowest BCUT2D eigenvalue weighted by molar-refractivity contribution is 0.0990. The topological polar surface area (TPSA) is 58.2 Å². The molecule has 1 heterocycles. The number of hydrogen-bond donors (Lipinski definition) is 1. The molecule has 0 aliphatic carbocycles. The fourth-order valence-corrected chi connectivity index (χ4v) is 2.22. The fourth-order valence-electron chi connectivity index (χ4n) is 2.22. The molecule has 0 bridgehead atoms. The van der Waals surface area contributed by atoms with Gasteiger partial charge in [0.25, 0.3) is 5.91 Å². The van der Waals surface area contributed by atoms with E-state index < -0.39 is 0 Å². The lowest BCUT2D eigenvalue weighted by atomic mass is 10.2. The number of methoxy groups -OCH3 is 1. The van der Waals surface area contributed by atoms with Gasteiger partial charge in [-0.2, -0.15) is 5.10 Å². The second-order valence-electron chi connectivity index (χ2n) is 4.68. The number of aromatic amines is 1. The number of amides is 1. The molecule has 1 amide bonds. The van der Waals surface area contributed by atoms with Crippen molar-refractivity contribution in [3.05, 3.63) is 54.2 Å². The number of ether oxygens (including phenoxy) is 1. The van der Waals surface area contributed by atoms with Gasteiger partial charge in [-0.15, -0.1) is 0 Å². The number of hydrogen-bond acceptors (Lipinski definition) is 3. The molecule has 2 aromatic carbocycles. The van der Waals surface area contributed by atoms with Crippen molar-refractivity contribution in [2.45, 2.75) is 0 Å². The van der Waals surface area contributed by atoms with Crippen LogP contribution in [0.3, 0.4) is 0 Å². The standard InChI is InChI=1S/C16H15N3O2/c1-19(11-6-5-7-12(10-11)21-2)16(20)15-13-8-3-4-9-14(13)17-18-15/h3-10H,1-2H3,(H,17,18). The number of rotatable bonds is 3. The predicted octanol–water partition coefficient (Wildman–Crippen LogP) is 2.85. The van der Waals surface area contributed by atoms with E-state index in [4.69, 9.17) is 4.74 Å². The summed E-state index contributed by atoms with van der Waals surface area (Å²) in [5.41, 5.74) is 2.02. The van der Waals surface area contributed by atoms with Crippen molar-refractivity contribution >= 4 is 22.5 Å². The van der Waals surface area contributed by atoms with Crippen LogP contribution >= 0.6 is 0 Å². The molecular weight excluding hydrogens is 266 g/mol. The summed E-state index contributed by atoms with van der Waals surface area (Å²) in [6.07, 6.45) is 0. The maximum atomic E-state index is 12.6. The highest BCUT2D eigenvalue weighted by atomic mass is 16.5. The summed E-state index contributed by atoms with van der Waals surface area (Å²) in [5.74, 6) is 0.541. The molecule has 3 rings (SSSR count). The van der Waals surface area contributed by atoms with Crippen LogP contribution in [0.15, 0.2) is 48.5 Å². The first-order valence-electron chi connectivity index (χ1n) is 6.56. The molecule has 5 nitrogen and oxygen atoms in total. The maximum absolute atomic E-state index is 12.6. The van der Waals surface area contributed by atoms with Gasteiger partial charge in [0.15, 0.2) is 5.69 Å². The molecule has 0 fully saturated rings. The molecule has 1 N–H and O–H groups in total. The average molecular weight is 281 g/mol. The van der Waals surface area contributed by atoms with Crippen LogP contribution in [0.4, 0.5) is 5.69 Å². The Kier molecular flexibility index (Phi) is 3.31. The van der Waals surface area contributed by atoms with E-state index in [0.29, 0.717) is 11.4 Å². The highest BCUT2D eigenvalue weighted by Gasteiger charge is 2.19. The predicted molar refractivity (Wildman–Crippen MR) is 81.8 cm³/mol. The third kappa shape index (κ3) is 2.33. The Hall–Kier alpha value is -2.82. The van der Waals surface area contributed by atoms with Gasteiger partial charge in [-0.25, -0.2) is 0 Å². The Morgan fingerprint density at radius 3 is 2.81 bits per heavy atom. The van der Waals surface area contributed by atoms with Crippen LogP contribution in [0.2, 0.25) is 0 Å². The van der Waals surface area contributed by atoms with Gasteiger partial charge < -0.3 is 9.64 Å². The number of nitrogens with one attached hydrogen (secondary N) is 1. The molecule has 1 aromatic heterocycles. The van der Waals surface area contributed by atoms with Crippen molar-refractivity contribution in [1.82, 2.24) is 10.2 Å². The van der Waals surface area contributed by atoms with Crippen LogP contribution in [0.25, 0.3) is 10.9 Å². The minimum absolute atomic E-state index is 0.166. The Balaban J connectivity index is 1.97. The van der Waals surface area contributed by atoms with E-state index in [9.17, 15) is 4.79 Å². The van der Waals surface area contributed by atoms with E-state index in [1.165, 1.54) is 0 Å². The van der Waals surface area contributed by atoms with Crippen molar-refractivity contribution in [3.8, 4) is 5.75 Å². The molecule has 0 unspecified atom stereocenters. The molecule has 0 saturated carbocycles.